The minimum Gasteiger partial charge on any atom is -0.481 e. The van der Waals surface area contributed by atoms with E-state index in [9.17, 15) is 14.7 Å². The van der Waals surface area contributed by atoms with Crippen molar-refractivity contribution in [2.45, 2.75) is 32.6 Å². The maximum absolute atomic E-state index is 12.1. The zero-order valence-corrected chi connectivity index (χ0v) is 10.8. The predicted molar refractivity (Wildman–Crippen MR) is 67.9 cm³/mol. The summed E-state index contributed by atoms with van der Waals surface area (Å²) >= 11 is 0. The molecular weight excluding hydrogens is 230 g/mol. The third kappa shape index (κ3) is 2.42. The topological polar surface area (TPSA) is 66.4 Å². The minimum atomic E-state index is -0.833. The molecule has 2 bridgehead atoms. The number of hydrogen-bond donors (Lipinski definition) is 2. The van der Waals surface area contributed by atoms with Gasteiger partial charge in [0.15, 0.2) is 0 Å². The van der Waals surface area contributed by atoms with Gasteiger partial charge in [-0.1, -0.05) is 31.9 Å². The van der Waals surface area contributed by atoms with E-state index in [2.05, 4.69) is 12.2 Å². The van der Waals surface area contributed by atoms with Crippen LogP contribution in [0.25, 0.3) is 0 Å². The van der Waals surface area contributed by atoms with Crippen LogP contribution in [-0.4, -0.2) is 23.5 Å². The summed E-state index contributed by atoms with van der Waals surface area (Å²) in [6.07, 6.45) is 7.98. The number of carbonyl (C=O) groups is 2. The van der Waals surface area contributed by atoms with Gasteiger partial charge in [0.05, 0.1) is 11.8 Å². The van der Waals surface area contributed by atoms with Crippen molar-refractivity contribution in [1.29, 1.82) is 0 Å². The zero-order valence-electron chi connectivity index (χ0n) is 10.8. The Balaban J connectivity index is 1.92. The lowest BCUT2D eigenvalue weighted by Crippen LogP contribution is -2.40. The fraction of sp³-hybridized carbons (Fsp3) is 0.714. The second kappa shape index (κ2) is 5.55. The average Bonchev–Trinajstić information content (AvgIpc) is 2.94. The lowest BCUT2D eigenvalue weighted by Gasteiger charge is -2.23. The molecule has 1 saturated carbocycles. The van der Waals surface area contributed by atoms with E-state index in [4.69, 9.17) is 0 Å². The molecule has 0 aromatic carbocycles. The number of rotatable bonds is 6. The van der Waals surface area contributed by atoms with Gasteiger partial charge in [-0.25, -0.2) is 0 Å². The molecule has 1 fully saturated rings. The van der Waals surface area contributed by atoms with Crippen molar-refractivity contribution in [3.8, 4) is 0 Å². The first kappa shape index (κ1) is 13.1. The fourth-order valence-corrected chi connectivity index (χ4v) is 3.22. The molecule has 2 aliphatic carbocycles. The smallest absolute Gasteiger partial charge is 0.307 e. The van der Waals surface area contributed by atoms with Gasteiger partial charge in [0, 0.05) is 6.54 Å². The molecule has 2 N–H and O–H groups in total. The molecule has 18 heavy (non-hydrogen) atoms. The van der Waals surface area contributed by atoms with E-state index >= 15 is 0 Å². The highest BCUT2D eigenvalue weighted by molar-refractivity contribution is 5.86. The number of hydrogen-bond acceptors (Lipinski definition) is 2. The van der Waals surface area contributed by atoms with E-state index < -0.39 is 11.9 Å². The second-order valence-electron chi connectivity index (χ2n) is 5.34. The first-order chi connectivity index (χ1) is 8.65. The average molecular weight is 251 g/mol. The van der Waals surface area contributed by atoms with Gasteiger partial charge in [0.2, 0.25) is 5.91 Å². The highest BCUT2D eigenvalue weighted by Gasteiger charge is 2.51. The van der Waals surface area contributed by atoms with Crippen LogP contribution in [0.3, 0.4) is 0 Å². The van der Waals surface area contributed by atoms with Crippen molar-refractivity contribution < 1.29 is 14.7 Å². The van der Waals surface area contributed by atoms with E-state index in [1.54, 1.807) is 0 Å². The van der Waals surface area contributed by atoms with Gasteiger partial charge in [-0.2, -0.15) is 0 Å². The van der Waals surface area contributed by atoms with Crippen molar-refractivity contribution in [2.75, 3.05) is 6.54 Å². The van der Waals surface area contributed by atoms with Crippen LogP contribution in [0.1, 0.15) is 32.6 Å². The molecule has 0 heterocycles. The summed E-state index contributed by atoms with van der Waals surface area (Å²) in [5.41, 5.74) is 0. The quantitative estimate of drug-likeness (QED) is 0.559. The Kier molecular flexibility index (Phi) is 4.04. The molecule has 2 rings (SSSR count). The highest BCUT2D eigenvalue weighted by Crippen LogP contribution is 2.48. The van der Waals surface area contributed by atoms with E-state index in [0.29, 0.717) is 6.54 Å². The first-order valence-electron chi connectivity index (χ1n) is 6.84. The molecule has 4 atom stereocenters. The molecule has 4 unspecified atom stereocenters. The fourth-order valence-electron chi connectivity index (χ4n) is 3.22. The number of carboxylic acids is 1. The molecule has 0 saturated heterocycles. The molecular formula is C14H21NO3. The third-order valence-corrected chi connectivity index (χ3v) is 4.13. The van der Waals surface area contributed by atoms with Crippen LogP contribution >= 0.6 is 0 Å². The Bertz CT molecular complexity index is 364. The van der Waals surface area contributed by atoms with Gasteiger partial charge in [-0.15, -0.1) is 0 Å². The van der Waals surface area contributed by atoms with E-state index in [1.165, 1.54) is 0 Å². The third-order valence-electron chi connectivity index (χ3n) is 4.13. The Morgan fingerprint density at radius 3 is 2.50 bits per heavy atom. The number of amides is 1. The summed E-state index contributed by atoms with van der Waals surface area (Å²) in [5.74, 6) is -1.61. The summed E-state index contributed by atoms with van der Waals surface area (Å²) in [5, 5.41) is 12.1. The van der Waals surface area contributed by atoms with Crippen LogP contribution in [-0.2, 0) is 9.59 Å². The Morgan fingerprint density at radius 1 is 1.22 bits per heavy atom. The van der Waals surface area contributed by atoms with Crippen molar-refractivity contribution in [3.63, 3.8) is 0 Å². The highest BCUT2D eigenvalue weighted by atomic mass is 16.4. The van der Waals surface area contributed by atoms with E-state index in [1.807, 2.05) is 12.2 Å². The first-order valence-corrected chi connectivity index (χ1v) is 6.84. The van der Waals surface area contributed by atoms with Gasteiger partial charge in [-0.05, 0) is 24.7 Å². The van der Waals surface area contributed by atoms with Gasteiger partial charge in [0.25, 0.3) is 0 Å². The van der Waals surface area contributed by atoms with Crippen LogP contribution in [0.5, 0.6) is 0 Å². The number of fused-ring (bicyclic) bond motifs is 2. The van der Waals surface area contributed by atoms with Gasteiger partial charge < -0.3 is 10.4 Å². The van der Waals surface area contributed by atoms with Gasteiger partial charge in [-0.3, -0.25) is 9.59 Å². The normalized spacial score (nSPS) is 32.7. The van der Waals surface area contributed by atoms with Crippen molar-refractivity contribution in [1.82, 2.24) is 5.32 Å². The zero-order chi connectivity index (χ0) is 13.1. The number of allylic oxidation sites excluding steroid dienone is 2. The van der Waals surface area contributed by atoms with Crippen LogP contribution in [0, 0.1) is 23.7 Å². The number of carboxylic acid groups (broad SMARTS) is 1. The van der Waals surface area contributed by atoms with Crippen molar-refractivity contribution in [3.05, 3.63) is 12.2 Å². The molecule has 0 spiro atoms. The molecule has 4 nitrogen and oxygen atoms in total. The molecule has 1 amide bonds. The summed E-state index contributed by atoms with van der Waals surface area (Å²) in [6, 6.07) is 0. The predicted octanol–water partition coefficient (Wildman–Crippen LogP) is 1.82. The standard InChI is InChI=1S/C14H21NO3/c1-2-3-4-7-15-13(16)11-9-5-6-10(8-9)12(11)14(17)18/h5-6,9-12H,2-4,7-8H2,1H3,(H,15,16)(H,17,18). The monoisotopic (exact) mass is 251 g/mol. The molecule has 0 aliphatic heterocycles. The van der Waals surface area contributed by atoms with Crippen molar-refractivity contribution >= 4 is 11.9 Å². The van der Waals surface area contributed by atoms with Crippen molar-refractivity contribution in [2.24, 2.45) is 23.7 Å². The number of unbranched alkanes of at least 4 members (excludes halogenated alkanes) is 2. The summed E-state index contributed by atoms with van der Waals surface area (Å²) in [6.45, 7) is 2.78. The van der Waals surface area contributed by atoms with Gasteiger partial charge in [0.1, 0.15) is 0 Å². The van der Waals surface area contributed by atoms with E-state index in [-0.39, 0.29) is 23.7 Å². The SMILES string of the molecule is CCCCCNC(=O)C1C2C=CC(C2)C1C(=O)O. The Labute approximate surface area is 107 Å². The van der Waals surface area contributed by atoms with Crippen LogP contribution in [0.15, 0.2) is 12.2 Å². The number of carbonyl (C=O) groups excluding carboxylic acids is 1. The summed E-state index contributed by atoms with van der Waals surface area (Å²) in [4.78, 5) is 23.4. The van der Waals surface area contributed by atoms with Crippen LogP contribution in [0.4, 0.5) is 0 Å². The molecule has 0 aromatic heterocycles. The largest absolute Gasteiger partial charge is 0.481 e. The molecule has 0 radical (unpaired) electrons. The molecule has 100 valence electrons. The summed E-state index contributed by atoms with van der Waals surface area (Å²) < 4.78 is 0. The molecule has 2 aliphatic rings. The Morgan fingerprint density at radius 2 is 1.89 bits per heavy atom. The molecule has 4 heteroatoms. The lowest BCUT2D eigenvalue weighted by atomic mass is 9.82. The Hall–Kier alpha value is -1.32. The number of nitrogens with one attached hydrogen (secondary N) is 1. The lowest BCUT2D eigenvalue weighted by molar-refractivity contribution is -0.147. The van der Waals surface area contributed by atoms with Crippen LogP contribution < -0.4 is 5.32 Å². The minimum absolute atomic E-state index is 0.0545. The molecule has 0 aromatic rings. The summed E-state index contributed by atoms with van der Waals surface area (Å²) in [7, 11) is 0. The second-order valence-corrected chi connectivity index (χ2v) is 5.34. The van der Waals surface area contributed by atoms with E-state index in [0.717, 1.165) is 25.7 Å². The maximum atomic E-state index is 12.1. The van der Waals surface area contributed by atoms with Gasteiger partial charge >= 0.3 is 5.97 Å². The van der Waals surface area contributed by atoms with Crippen LogP contribution in [0.2, 0.25) is 0 Å². The maximum Gasteiger partial charge on any atom is 0.307 e. The number of aliphatic carboxylic acids is 1.